The van der Waals surface area contributed by atoms with Gasteiger partial charge in [-0.05, 0) is 32.3 Å². The van der Waals surface area contributed by atoms with Crippen LogP contribution in [0.2, 0.25) is 0 Å². The summed E-state index contributed by atoms with van der Waals surface area (Å²) in [4.78, 5) is 0. The molecule has 1 aliphatic carbocycles. The Hall–Kier alpha value is -0.340. The van der Waals surface area contributed by atoms with Crippen LogP contribution >= 0.6 is 0 Å². The van der Waals surface area contributed by atoms with Gasteiger partial charge in [-0.3, -0.25) is 0 Å². The van der Waals surface area contributed by atoms with Gasteiger partial charge in [-0.1, -0.05) is 6.08 Å². The summed E-state index contributed by atoms with van der Waals surface area (Å²) in [5, 5.41) is 9.16. The first-order valence-corrected chi connectivity index (χ1v) is 4.13. The summed E-state index contributed by atoms with van der Waals surface area (Å²) in [6, 6.07) is 0. The third-order valence-corrected chi connectivity index (χ3v) is 3.14. The van der Waals surface area contributed by atoms with Crippen molar-refractivity contribution in [2.24, 2.45) is 0 Å². The molecule has 62 valence electrons. The number of hydrogen-bond acceptors (Lipinski definition) is 2. The summed E-state index contributed by atoms with van der Waals surface area (Å²) < 4.78 is 5.60. The molecule has 0 radical (unpaired) electrons. The molecule has 0 bridgehead atoms. The fourth-order valence-corrected chi connectivity index (χ4v) is 2.16. The fourth-order valence-electron chi connectivity index (χ4n) is 2.16. The molecule has 2 atom stereocenters. The molecule has 0 aromatic heterocycles. The lowest BCUT2D eigenvalue weighted by Crippen LogP contribution is -2.31. The van der Waals surface area contributed by atoms with E-state index < -0.39 is 0 Å². The van der Waals surface area contributed by atoms with E-state index in [4.69, 9.17) is 9.84 Å². The van der Waals surface area contributed by atoms with Crippen molar-refractivity contribution in [3.8, 4) is 0 Å². The third-order valence-electron chi connectivity index (χ3n) is 3.14. The summed E-state index contributed by atoms with van der Waals surface area (Å²) in [7, 11) is 0. The van der Waals surface area contributed by atoms with Crippen LogP contribution in [0.15, 0.2) is 11.6 Å². The summed E-state index contributed by atoms with van der Waals surface area (Å²) in [5.41, 5.74) is 0.847. The Bertz CT molecular complexity index is 222. The monoisotopic (exact) mass is 154 g/mol. The maximum Gasteiger partial charge on any atom is 0.141 e. The van der Waals surface area contributed by atoms with Gasteiger partial charge < -0.3 is 9.84 Å². The minimum Gasteiger partial charge on any atom is -0.393 e. The smallest absolute Gasteiger partial charge is 0.141 e. The van der Waals surface area contributed by atoms with Crippen molar-refractivity contribution >= 4 is 0 Å². The highest BCUT2D eigenvalue weighted by Gasteiger charge is 2.67. The van der Waals surface area contributed by atoms with E-state index in [1.807, 2.05) is 6.92 Å². The van der Waals surface area contributed by atoms with E-state index in [0.717, 1.165) is 12.8 Å². The van der Waals surface area contributed by atoms with Crippen molar-refractivity contribution in [1.29, 1.82) is 0 Å². The SMILES string of the molecule is CC1=CCCC2(C)OC12CO. The normalized spacial score (nSPS) is 48.1. The average molecular weight is 154 g/mol. The lowest BCUT2D eigenvalue weighted by molar-refractivity contribution is 0.193. The minimum atomic E-state index is -0.300. The Morgan fingerprint density at radius 3 is 2.91 bits per heavy atom. The second kappa shape index (κ2) is 1.87. The van der Waals surface area contributed by atoms with Gasteiger partial charge in [0.05, 0.1) is 6.61 Å². The van der Waals surface area contributed by atoms with Crippen LogP contribution in [0.25, 0.3) is 0 Å². The van der Waals surface area contributed by atoms with Crippen molar-refractivity contribution in [2.45, 2.75) is 37.9 Å². The molecule has 0 spiro atoms. The van der Waals surface area contributed by atoms with Gasteiger partial charge in [0.2, 0.25) is 0 Å². The highest BCUT2D eigenvalue weighted by molar-refractivity contribution is 5.34. The zero-order valence-corrected chi connectivity index (χ0v) is 7.05. The number of epoxide rings is 1. The lowest BCUT2D eigenvalue weighted by atomic mass is 9.81. The molecule has 2 heteroatoms. The van der Waals surface area contributed by atoms with Crippen LogP contribution in [-0.2, 0) is 4.74 Å². The van der Waals surface area contributed by atoms with Crippen LogP contribution in [0.4, 0.5) is 0 Å². The van der Waals surface area contributed by atoms with Crippen LogP contribution in [0.3, 0.4) is 0 Å². The van der Waals surface area contributed by atoms with Crippen LogP contribution in [0.1, 0.15) is 26.7 Å². The maximum atomic E-state index is 9.16. The van der Waals surface area contributed by atoms with Gasteiger partial charge in [-0.15, -0.1) is 0 Å². The molecule has 0 amide bonds. The van der Waals surface area contributed by atoms with Gasteiger partial charge in [0.15, 0.2) is 0 Å². The highest BCUT2D eigenvalue weighted by Crippen LogP contribution is 2.57. The third kappa shape index (κ3) is 0.690. The van der Waals surface area contributed by atoms with Crippen molar-refractivity contribution in [2.75, 3.05) is 6.61 Å². The molecule has 1 aliphatic heterocycles. The van der Waals surface area contributed by atoms with E-state index in [1.165, 1.54) is 5.57 Å². The molecule has 2 aliphatic rings. The van der Waals surface area contributed by atoms with Gasteiger partial charge in [0.25, 0.3) is 0 Å². The van der Waals surface area contributed by atoms with Crippen LogP contribution in [0, 0.1) is 0 Å². The van der Waals surface area contributed by atoms with E-state index in [-0.39, 0.29) is 17.8 Å². The summed E-state index contributed by atoms with van der Waals surface area (Å²) in [6.45, 7) is 4.26. The van der Waals surface area contributed by atoms with Crippen molar-refractivity contribution in [3.63, 3.8) is 0 Å². The predicted octanol–water partition coefficient (Wildman–Crippen LogP) is 1.25. The minimum absolute atomic E-state index is 0.0550. The van der Waals surface area contributed by atoms with Gasteiger partial charge in [-0.2, -0.15) is 0 Å². The molecule has 11 heavy (non-hydrogen) atoms. The van der Waals surface area contributed by atoms with E-state index in [2.05, 4.69) is 13.0 Å². The molecule has 2 rings (SSSR count). The van der Waals surface area contributed by atoms with Crippen LogP contribution in [-0.4, -0.2) is 22.9 Å². The highest BCUT2D eigenvalue weighted by atomic mass is 16.6. The summed E-state index contributed by atoms with van der Waals surface area (Å²) in [6.07, 6.45) is 4.31. The van der Waals surface area contributed by atoms with E-state index in [0.29, 0.717) is 0 Å². The first-order chi connectivity index (χ1) is 5.15. The topological polar surface area (TPSA) is 32.8 Å². The summed E-state index contributed by atoms with van der Waals surface area (Å²) in [5.74, 6) is 0. The number of aliphatic hydroxyl groups excluding tert-OH is 1. The largest absolute Gasteiger partial charge is 0.393 e. The number of allylic oxidation sites excluding steroid dienone is 1. The Labute approximate surface area is 66.9 Å². The Balaban J connectivity index is 2.33. The van der Waals surface area contributed by atoms with E-state index >= 15 is 0 Å². The van der Waals surface area contributed by atoms with Gasteiger partial charge in [0, 0.05) is 0 Å². The molecule has 2 nitrogen and oxygen atoms in total. The molecular weight excluding hydrogens is 140 g/mol. The van der Waals surface area contributed by atoms with E-state index in [9.17, 15) is 0 Å². The average Bonchev–Trinajstić information content (AvgIpc) is 2.59. The number of rotatable bonds is 1. The Morgan fingerprint density at radius 2 is 2.45 bits per heavy atom. The standard InChI is InChI=1S/C9H14O2/c1-7-4-3-5-8(2)9(7,6-10)11-8/h4,10H,3,5-6H2,1-2H3. The second-order valence-corrected chi connectivity index (χ2v) is 3.74. The molecule has 1 heterocycles. The fraction of sp³-hybridized carbons (Fsp3) is 0.778. The summed E-state index contributed by atoms with van der Waals surface area (Å²) >= 11 is 0. The zero-order chi connectivity index (χ0) is 8.11. The molecule has 1 N–H and O–H groups in total. The van der Waals surface area contributed by atoms with Gasteiger partial charge >= 0.3 is 0 Å². The van der Waals surface area contributed by atoms with Crippen molar-refractivity contribution in [1.82, 2.24) is 0 Å². The molecule has 1 saturated heterocycles. The quantitative estimate of drug-likeness (QED) is 0.455. The zero-order valence-electron chi connectivity index (χ0n) is 7.05. The number of ether oxygens (including phenoxy) is 1. The Morgan fingerprint density at radius 1 is 1.73 bits per heavy atom. The Kier molecular flexibility index (Phi) is 1.25. The predicted molar refractivity (Wildman–Crippen MR) is 42.3 cm³/mol. The van der Waals surface area contributed by atoms with Crippen molar-refractivity contribution in [3.05, 3.63) is 11.6 Å². The molecule has 0 aromatic rings. The van der Waals surface area contributed by atoms with Crippen LogP contribution < -0.4 is 0 Å². The molecular formula is C9H14O2. The van der Waals surface area contributed by atoms with Gasteiger partial charge in [-0.25, -0.2) is 0 Å². The number of hydrogen-bond donors (Lipinski definition) is 1. The van der Waals surface area contributed by atoms with Crippen molar-refractivity contribution < 1.29 is 9.84 Å². The molecule has 2 unspecified atom stereocenters. The maximum absolute atomic E-state index is 9.16. The van der Waals surface area contributed by atoms with Crippen LogP contribution in [0.5, 0.6) is 0 Å². The first-order valence-electron chi connectivity index (χ1n) is 4.13. The molecule has 0 saturated carbocycles. The second-order valence-electron chi connectivity index (χ2n) is 3.74. The number of aliphatic hydroxyl groups is 1. The molecule has 0 aromatic carbocycles. The number of fused-ring (bicyclic) bond motifs is 1. The lowest BCUT2D eigenvalue weighted by Gasteiger charge is -2.19. The van der Waals surface area contributed by atoms with Gasteiger partial charge in [0.1, 0.15) is 11.2 Å². The first kappa shape index (κ1) is 7.32. The molecule has 1 fully saturated rings. The van der Waals surface area contributed by atoms with E-state index in [1.54, 1.807) is 0 Å².